The minimum atomic E-state index is -0.872. The molecule has 0 bridgehead atoms. The van der Waals surface area contributed by atoms with E-state index >= 15 is 0 Å². The topological polar surface area (TPSA) is 46.2 Å². The second-order valence-electron chi connectivity index (χ2n) is 2.51. The van der Waals surface area contributed by atoms with E-state index in [-0.39, 0.29) is 0 Å². The van der Waals surface area contributed by atoms with Crippen molar-refractivity contribution in [3.63, 3.8) is 0 Å². The molecule has 1 atom stereocenters. The Labute approximate surface area is 80.9 Å². The number of hydrogen-bond donors (Lipinski definition) is 2. The molecule has 12 heavy (non-hydrogen) atoms. The first-order chi connectivity index (χ1) is 5.59. The second-order valence-corrected chi connectivity index (χ2v) is 3.35. The predicted octanol–water partition coefficient (Wildman–Crippen LogP) is 1.81. The lowest BCUT2D eigenvalue weighted by Gasteiger charge is -2.06. The van der Waals surface area contributed by atoms with E-state index in [1.165, 1.54) is 0 Å². The number of aliphatic hydroxyl groups is 1. The van der Waals surface area contributed by atoms with E-state index in [0.717, 1.165) is 5.56 Å². The molecule has 0 saturated carbocycles. The summed E-state index contributed by atoms with van der Waals surface area (Å²) in [7, 11) is 0. The van der Waals surface area contributed by atoms with Crippen LogP contribution in [0.1, 0.15) is 5.56 Å². The van der Waals surface area contributed by atoms with Crippen molar-refractivity contribution in [1.29, 1.82) is 0 Å². The van der Waals surface area contributed by atoms with Crippen LogP contribution in [0.15, 0.2) is 18.2 Å². The van der Waals surface area contributed by atoms with Gasteiger partial charge in [-0.25, -0.2) is 0 Å². The van der Waals surface area contributed by atoms with Gasteiger partial charge in [-0.3, -0.25) is 0 Å². The first kappa shape index (κ1) is 9.81. The molecule has 0 heterocycles. The van der Waals surface area contributed by atoms with Crippen LogP contribution in [0.5, 0.6) is 0 Å². The van der Waals surface area contributed by atoms with Gasteiger partial charge < -0.3 is 10.8 Å². The van der Waals surface area contributed by atoms with Crippen molar-refractivity contribution in [1.82, 2.24) is 0 Å². The monoisotopic (exact) mass is 205 g/mol. The van der Waals surface area contributed by atoms with Crippen molar-refractivity contribution in [3.05, 3.63) is 33.8 Å². The molecule has 4 heteroatoms. The highest BCUT2D eigenvalue weighted by atomic mass is 35.5. The summed E-state index contributed by atoms with van der Waals surface area (Å²) in [5.41, 5.74) is 6.00. The van der Waals surface area contributed by atoms with E-state index in [9.17, 15) is 0 Å². The summed E-state index contributed by atoms with van der Waals surface area (Å²) >= 11 is 11.5. The van der Waals surface area contributed by atoms with Gasteiger partial charge in [0.05, 0.1) is 0 Å². The fraction of sp³-hybridized carbons (Fsp3) is 0.250. The number of hydrogen-bond acceptors (Lipinski definition) is 2. The van der Waals surface area contributed by atoms with E-state index in [1.807, 2.05) is 0 Å². The highest BCUT2D eigenvalue weighted by Crippen LogP contribution is 2.21. The van der Waals surface area contributed by atoms with Crippen LogP contribution in [0, 0.1) is 0 Å². The van der Waals surface area contributed by atoms with Gasteiger partial charge in [-0.2, -0.15) is 0 Å². The zero-order chi connectivity index (χ0) is 9.14. The maximum Gasteiger partial charge on any atom is 0.106 e. The van der Waals surface area contributed by atoms with Gasteiger partial charge in [-0.1, -0.05) is 29.3 Å². The summed E-state index contributed by atoms with van der Waals surface area (Å²) in [5, 5.41) is 10.00. The minimum Gasteiger partial charge on any atom is -0.378 e. The van der Waals surface area contributed by atoms with Gasteiger partial charge in [0.2, 0.25) is 0 Å². The molecule has 0 amide bonds. The number of rotatable bonds is 2. The van der Waals surface area contributed by atoms with Gasteiger partial charge >= 0.3 is 0 Å². The van der Waals surface area contributed by atoms with Crippen LogP contribution in [-0.4, -0.2) is 11.3 Å². The third-order valence-corrected chi connectivity index (χ3v) is 2.03. The van der Waals surface area contributed by atoms with Crippen LogP contribution >= 0.6 is 23.2 Å². The van der Waals surface area contributed by atoms with Crippen molar-refractivity contribution in [3.8, 4) is 0 Å². The maximum atomic E-state index is 8.89. The molecule has 0 aliphatic heterocycles. The Morgan fingerprint density at radius 2 is 2.08 bits per heavy atom. The van der Waals surface area contributed by atoms with Crippen LogP contribution in [0.4, 0.5) is 0 Å². The van der Waals surface area contributed by atoms with E-state index in [4.69, 9.17) is 34.0 Å². The molecule has 0 spiro atoms. The summed E-state index contributed by atoms with van der Waals surface area (Å²) in [4.78, 5) is 0. The zero-order valence-electron chi connectivity index (χ0n) is 6.30. The number of halogens is 2. The minimum absolute atomic E-state index is 0.343. The molecule has 0 saturated heterocycles. The van der Waals surface area contributed by atoms with Crippen molar-refractivity contribution in [2.45, 2.75) is 12.6 Å². The van der Waals surface area contributed by atoms with Crippen LogP contribution in [-0.2, 0) is 6.42 Å². The Morgan fingerprint density at radius 1 is 1.42 bits per heavy atom. The van der Waals surface area contributed by atoms with Gasteiger partial charge in [0.1, 0.15) is 6.23 Å². The third-order valence-electron chi connectivity index (χ3n) is 1.44. The molecule has 2 nitrogen and oxygen atoms in total. The second kappa shape index (κ2) is 4.10. The van der Waals surface area contributed by atoms with Crippen LogP contribution in [0.3, 0.4) is 0 Å². The molecule has 0 fully saturated rings. The average Bonchev–Trinajstić information content (AvgIpc) is 1.94. The molecule has 1 aromatic carbocycles. The molecule has 3 N–H and O–H groups in total. The lowest BCUT2D eigenvalue weighted by atomic mass is 10.1. The van der Waals surface area contributed by atoms with E-state index in [1.54, 1.807) is 18.2 Å². The highest BCUT2D eigenvalue weighted by molar-refractivity contribution is 6.35. The number of benzene rings is 1. The Kier molecular flexibility index (Phi) is 3.35. The van der Waals surface area contributed by atoms with Gasteiger partial charge in [-0.15, -0.1) is 0 Å². The summed E-state index contributed by atoms with van der Waals surface area (Å²) in [6.07, 6.45) is -0.528. The molecule has 66 valence electrons. The van der Waals surface area contributed by atoms with Crippen molar-refractivity contribution >= 4 is 23.2 Å². The summed E-state index contributed by atoms with van der Waals surface area (Å²) in [6.45, 7) is 0. The third kappa shape index (κ3) is 2.64. The fourth-order valence-corrected chi connectivity index (χ4v) is 1.40. The molecular formula is C8H9Cl2NO. The fourth-order valence-electron chi connectivity index (χ4n) is 0.913. The normalized spacial score (nSPS) is 13.0. The summed E-state index contributed by atoms with van der Waals surface area (Å²) in [5.74, 6) is 0. The quantitative estimate of drug-likeness (QED) is 0.725. The average molecular weight is 206 g/mol. The largest absolute Gasteiger partial charge is 0.378 e. The summed E-state index contributed by atoms with van der Waals surface area (Å²) in [6, 6.07) is 5.09. The molecule has 0 aromatic heterocycles. The molecule has 0 aliphatic rings. The van der Waals surface area contributed by atoms with Crippen molar-refractivity contribution in [2.75, 3.05) is 0 Å². The van der Waals surface area contributed by atoms with Gasteiger partial charge in [0.25, 0.3) is 0 Å². The van der Waals surface area contributed by atoms with Crippen molar-refractivity contribution < 1.29 is 5.11 Å². The zero-order valence-corrected chi connectivity index (χ0v) is 7.81. The Balaban J connectivity index is 2.86. The van der Waals surface area contributed by atoms with E-state index < -0.39 is 6.23 Å². The predicted molar refractivity (Wildman–Crippen MR) is 50.4 cm³/mol. The molecule has 1 aromatic rings. The Hall–Kier alpha value is -0.280. The molecule has 0 radical (unpaired) electrons. The van der Waals surface area contributed by atoms with Gasteiger partial charge in [-0.05, 0) is 17.7 Å². The van der Waals surface area contributed by atoms with Gasteiger partial charge in [0.15, 0.2) is 0 Å². The smallest absolute Gasteiger partial charge is 0.106 e. The molecule has 1 unspecified atom stereocenters. The van der Waals surface area contributed by atoms with Crippen LogP contribution in [0.2, 0.25) is 10.0 Å². The molecular weight excluding hydrogens is 197 g/mol. The Morgan fingerprint density at radius 3 is 2.58 bits per heavy atom. The first-order valence-electron chi connectivity index (χ1n) is 3.47. The number of aliphatic hydroxyl groups excluding tert-OH is 1. The molecule has 0 aliphatic carbocycles. The van der Waals surface area contributed by atoms with Crippen LogP contribution in [0.25, 0.3) is 0 Å². The lowest BCUT2D eigenvalue weighted by Crippen LogP contribution is -2.21. The standard InChI is InChI=1S/C8H9Cl2NO/c9-6-2-1-5(3-8(11)12)7(10)4-6/h1-2,4,8,12H,3,11H2. The van der Waals surface area contributed by atoms with E-state index in [0.29, 0.717) is 16.5 Å². The Bertz CT molecular complexity index is 276. The van der Waals surface area contributed by atoms with Crippen LogP contribution < -0.4 is 5.73 Å². The number of nitrogens with two attached hydrogens (primary N) is 1. The lowest BCUT2D eigenvalue weighted by molar-refractivity contribution is 0.183. The van der Waals surface area contributed by atoms with E-state index in [2.05, 4.69) is 0 Å². The van der Waals surface area contributed by atoms with Crippen molar-refractivity contribution in [2.24, 2.45) is 5.73 Å². The van der Waals surface area contributed by atoms with Gasteiger partial charge in [0, 0.05) is 16.5 Å². The highest BCUT2D eigenvalue weighted by Gasteiger charge is 2.04. The summed E-state index contributed by atoms with van der Waals surface area (Å²) < 4.78 is 0. The molecule has 1 rings (SSSR count). The maximum absolute atomic E-state index is 8.89. The first-order valence-corrected chi connectivity index (χ1v) is 4.23. The SMILES string of the molecule is NC(O)Cc1ccc(Cl)cc1Cl.